The average Bonchev–Trinajstić information content (AvgIpc) is 2.63. The lowest BCUT2D eigenvalue weighted by Gasteiger charge is -2.07. The Labute approximate surface area is 148 Å². The van der Waals surface area contributed by atoms with Gasteiger partial charge in [0.1, 0.15) is 0 Å². The summed E-state index contributed by atoms with van der Waals surface area (Å²) in [5.74, 6) is -0.633. The summed E-state index contributed by atoms with van der Waals surface area (Å²) in [6, 6.07) is 12.3. The number of nitrogens with one attached hydrogen (secondary N) is 1. The van der Waals surface area contributed by atoms with Crippen molar-refractivity contribution in [3.63, 3.8) is 0 Å². The first-order valence-corrected chi connectivity index (χ1v) is 7.80. The monoisotopic (exact) mass is 355 g/mol. The van der Waals surface area contributed by atoms with Gasteiger partial charge in [0.2, 0.25) is 0 Å². The van der Waals surface area contributed by atoms with E-state index in [-0.39, 0.29) is 5.56 Å². The molecule has 0 bridgehead atoms. The number of aromatic nitrogens is 2. The Bertz CT molecular complexity index is 1010. The zero-order valence-electron chi connectivity index (χ0n) is 13.0. The minimum Gasteiger partial charge on any atom is -0.294 e. The molecule has 0 saturated heterocycles. The molecule has 3 rings (SSSR count). The zero-order valence-corrected chi connectivity index (χ0v) is 13.8. The van der Waals surface area contributed by atoms with Gasteiger partial charge in [-0.25, -0.2) is 10.5 Å². The van der Waals surface area contributed by atoms with Crippen molar-refractivity contribution in [2.24, 2.45) is 0 Å². The van der Waals surface area contributed by atoms with E-state index in [4.69, 9.17) is 16.8 Å². The van der Waals surface area contributed by atoms with Crippen LogP contribution in [-0.2, 0) is 11.3 Å². The van der Waals surface area contributed by atoms with Crippen molar-refractivity contribution in [1.82, 2.24) is 15.0 Å². The average molecular weight is 356 g/mol. The van der Waals surface area contributed by atoms with E-state index in [0.29, 0.717) is 28.0 Å². The molecule has 0 aliphatic heterocycles. The van der Waals surface area contributed by atoms with E-state index in [1.807, 2.05) is 12.1 Å². The van der Waals surface area contributed by atoms with Gasteiger partial charge in [-0.05, 0) is 41.5 Å². The highest BCUT2D eigenvalue weighted by molar-refractivity contribution is 6.30. The van der Waals surface area contributed by atoms with Gasteiger partial charge in [-0.2, -0.15) is 0 Å². The number of carbonyl (C=O) groups excluding carboxylic acids is 1. The molecular weight excluding hydrogens is 342 g/mol. The minimum atomic E-state index is -0.633. The number of carbonyl (C=O) groups is 1. The highest BCUT2D eigenvalue weighted by atomic mass is 35.5. The number of fused-ring (bicyclic) bond motifs is 1. The topological polar surface area (TPSA) is 84.2 Å². The summed E-state index contributed by atoms with van der Waals surface area (Å²) in [4.78, 5) is 27.9. The molecule has 0 fully saturated rings. The molecule has 0 atom stereocenters. The Balaban J connectivity index is 1.92. The summed E-state index contributed by atoms with van der Waals surface area (Å²) >= 11 is 5.87. The summed E-state index contributed by atoms with van der Waals surface area (Å²) < 4.78 is 1.53. The van der Waals surface area contributed by atoms with Crippen molar-refractivity contribution in [3.8, 4) is 0 Å². The molecule has 6 nitrogen and oxygen atoms in total. The molecule has 0 aliphatic carbocycles. The lowest BCUT2D eigenvalue weighted by atomic mass is 10.1. The predicted octanol–water partition coefficient (Wildman–Crippen LogP) is 2.62. The maximum Gasteiger partial charge on any atom is 0.267 e. The van der Waals surface area contributed by atoms with E-state index in [1.165, 1.54) is 28.5 Å². The van der Waals surface area contributed by atoms with Crippen molar-refractivity contribution >= 4 is 34.5 Å². The van der Waals surface area contributed by atoms with Crippen LogP contribution in [0.4, 0.5) is 0 Å². The molecule has 0 aliphatic rings. The van der Waals surface area contributed by atoms with Gasteiger partial charge in [-0.1, -0.05) is 29.8 Å². The van der Waals surface area contributed by atoms with Gasteiger partial charge in [0.15, 0.2) is 0 Å². The first kappa shape index (κ1) is 16.9. The van der Waals surface area contributed by atoms with Crippen LogP contribution in [0.15, 0.2) is 59.7 Å². The van der Waals surface area contributed by atoms with Gasteiger partial charge in [0.05, 0.1) is 23.8 Å². The van der Waals surface area contributed by atoms with Crippen LogP contribution in [0.1, 0.15) is 11.1 Å². The number of nitrogens with zero attached hydrogens (tertiary/aromatic N) is 2. The Morgan fingerprint density at radius 2 is 2.00 bits per heavy atom. The molecule has 25 heavy (non-hydrogen) atoms. The molecule has 3 aromatic rings. The zero-order chi connectivity index (χ0) is 17.8. The molecule has 1 amide bonds. The SMILES string of the molecule is O=C(/C=C/c1ccc2c(=O)n(Cc3ccc(Cl)cc3)cnc2c1)NO. The molecule has 0 unspecified atom stereocenters. The third kappa shape index (κ3) is 3.93. The number of hydrogen-bond donors (Lipinski definition) is 2. The van der Waals surface area contributed by atoms with E-state index >= 15 is 0 Å². The van der Waals surface area contributed by atoms with Crippen LogP contribution in [0.5, 0.6) is 0 Å². The number of amides is 1. The predicted molar refractivity (Wildman–Crippen MR) is 95.5 cm³/mol. The second-order valence-electron chi connectivity index (χ2n) is 5.39. The number of hydrogen-bond acceptors (Lipinski definition) is 4. The Morgan fingerprint density at radius 3 is 2.72 bits per heavy atom. The van der Waals surface area contributed by atoms with Gasteiger partial charge in [-0.3, -0.25) is 19.4 Å². The van der Waals surface area contributed by atoms with Gasteiger partial charge in [0.25, 0.3) is 11.5 Å². The lowest BCUT2D eigenvalue weighted by molar-refractivity contribution is -0.124. The largest absolute Gasteiger partial charge is 0.294 e. The number of hydroxylamine groups is 1. The van der Waals surface area contributed by atoms with Crippen LogP contribution >= 0.6 is 11.6 Å². The summed E-state index contributed by atoms with van der Waals surface area (Å²) in [7, 11) is 0. The van der Waals surface area contributed by atoms with E-state index in [2.05, 4.69) is 4.98 Å². The third-order valence-corrected chi connectivity index (χ3v) is 3.90. The lowest BCUT2D eigenvalue weighted by Crippen LogP contribution is -2.21. The highest BCUT2D eigenvalue weighted by Gasteiger charge is 2.05. The van der Waals surface area contributed by atoms with Gasteiger partial charge >= 0.3 is 0 Å². The third-order valence-electron chi connectivity index (χ3n) is 3.65. The quantitative estimate of drug-likeness (QED) is 0.428. The molecule has 0 radical (unpaired) electrons. The molecule has 0 saturated carbocycles. The Hall–Kier alpha value is -2.96. The van der Waals surface area contributed by atoms with Gasteiger partial charge in [0, 0.05) is 11.1 Å². The standard InChI is InChI=1S/C18H14ClN3O3/c19-14-5-1-13(2-6-14)10-22-11-20-16-9-12(4-8-17(23)21-25)3-7-15(16)18(22)24/h1-9,11,25H,10H2,(H,21,23)/b8-4+. The van der Waals surface area contributed by atoms with E-state index in [9.17, 15) is 9.59 Å². The van der Waals surface area contributed by atoms with Crippen LogP contribution in [-0.4, -0.2) is 20.7 Å². The van der Waals surface area contributed by atoms with Crippen LogP contribution in [0.3, 0.4) is 0 Å². The smallest absolute Gasteiger partial charge is 0.267 e. The molecular formula is C18H14ClN3O3. The van der Waals surface area contributed by atoms with Crippen LogP contribution in [0, 0.1) is 0 Å². The number of rotatable bonds is 4. The molecule has 0 spiro atoms. The molecule has 1 heterocycles. The summed E-state index contributed by atoms with van der Waals surface area (Å²) in [6.45, 7) is 0.400. The van der Waals surface area contributed by atoms with E-state index in [1.54, 1.807) is 30.3 Å². The minimum absolute atomic E-state index is 0.149. The summed E-state index contributed by atoms with van der Waals surface area (Å²) in [6.07, 6.45) is 4.20. The fourth-order valence-electron chi connectivity index (χ4n) is 2.39. The first-order valence-electron chi connectivity index (χ1n) is 7.42. The van der Waals surface area contributed by atoms with Crippen molar-refractivity contribution in [1.29, 1.82) is 0 Å². The summed E-state index contributed by atoms with van der Waals surface area (Å²) in [5.41, 5.74) is 3.53. The van der Waals surface area contributed by atoms with Crippen molar-refractivity contribution < 1.29 is 10.0 Å². The van der Waals surface area contributed by atoms with Crippen LogP contribution < -0.4 is 11.0 Å². The van der Waals surface area contributed by atoms with Crippen molar-refractivity contribution in [2.45, 2.75) is 6.54 Å². The van der Waals surface area contributed by atoms with Crippen LogP contribution in [0.25, 0.3) is 17.0 Å². The second kappa shape index (κ2) is 7.29. The maximum atomic E-state index is 12.6. The first-order chi connectivity index (χ1) is 12.1. The molecule has 2 N–H and O–H groups in total. The molecule has 1 aromatic heterocycles. The maximum absolute atomic E-state index is 12.6. The van der Waals surface area contributed by atoms with Crippen molar-refractivity contribution in [2.75, 3.05) is 0 Å². The van der Waals surface area contributed by atoms with E-state index in [0.717, 1.165) is 5.56 Å². The van der Waals surface area contributed by atoms with E-state index < -0.39 is 5.91 Å². The van der Waals surface area contributed by atoms with Gasteiger partial charge in [-0.15, -0.1) is 0 Å². The fourth-order valence-corrected chi connectivity index (χ4v) is 2.51. The fraction of sp³-hybridized carbons (Fsp3) is 0.0556. The number of benzene rings is 2. The molecule has 7 heteroatoms. The van der Waals surface area contributed by atoms with Crippen LogP contribution in [0.2, 0.25) is 5.02 Å². The second-order valence-corrected chi connectivity index (χ2v) is 5.83. The van der Waals surface area contributed by atoms with Crippen molar-refractivity contribution in [3.05, 3.63) is 81.4 Å². The number of halogens is 1. The molecule has 2 aromatic carbocycles. The normalized spacial score (nSPS) is 11.1. The summed E-state index contributed by atoms with van der Waals surface area (Å²) in [5, 5.41) is 9.60. The Kier molecular flexibility index (Phi) is 4.92. The van der Waals surface area contributed by atoms with Gasteiger partial charge < -0.3 is 0 Å². The Morgan fingerprint density at radius 1 is 1.24 bits per heavy atom. The highest BCUT2D eigenvalue weighted by Crippen LogP contribution is 2.13. The molecule has 126 valence electrons.